The molecule has 0 aliphatic heterocycles. The van der Waals surface area contributed by atoms with E-state index in [1.54, 1.807) is 0 Å². The molecule has 118 valence electrons. The Morgan fingerprint density at radius 1 is 1.14 bits per heavy atom. The van der Waals surface area contributed by atoms with E-state index in [0.717, 1.165) is 19.3 Å². The van der Waals surface area contributed by atoms with Crippen LogP contribution in [0, 0.1) is 0 Å². The van der Waals surface area contributed by atoms with E-state index in [9.17, 15) is 5.11 Å². The van der Waals surface area contributed by atoms with E-state index in [0.29, 0.717) is 5.92 Å². The van der Waals surface area contributed by atoms with Crippen molar-refractivity contribution < 1.29 is 5.11 Å². The fourth-order valence-corrected chi connectivity index (χ4v) is 3.47. The van der Waals surface area contributed by atoms with Crippen molar-refractivity contribution in [3.63, 3.8) is 0 Å². The Morgan fingerprint density at radius 2 is 1.86 bits per heavy atom. The van der Waals surface area contributed by atoms with Crippen LogP contribution in [0.5, 0.6) is 0 Å². The lowest BCUT2D eigenvalue weighted by molar-refractivity contribution is 0.198. The highest BCUT2D eigenvalue weighted by atomic mass is 16.3. The Kier molecular flexibility index (Phi) is 6.25. The minimum Gasteiger partial charge on any atom is -0.394 e. The summed E-state index contributed by atoms with van der Waals surface area (Å²) in [6.45, 7) is 2.37. The third kappa shape index (κ3) is 4.82. The largest absolute Gasteiger partial charge is 0.394 e. The van der Waals surface area contributed by atoms with E-state index in [2.05, 4.69) is 31.2 Å². The van der Waals surface area contributed by atoms with Gasteiger partial charge in [-0.25, -0.2) is 0 Å². The zero-order chi connectivity index (χ0) is 15.1. The molecule has 0 amide bonds. The number of rotatable bonds is 8. The first-order chi connectivity index (χ1) is 10.2. The van der Waals surface area contributed by atoms with Gasteiger partial charge in [-0.1, -0.05) is 56.9 Å². The van der Waals surface area contributed by atoms with Crippen LogP contribution in [-0.4, -0.2) is 17.3 Å². The van der Waals surface area contributed by atoms with Crippen LogP contribution in [0.25, 0.3) is 0 Å². The second kappa shape index (κ2) is 7.95. The molecule has 0 spiro atoms. The van der Waals surface area contributed by atoms with Crippen molar-refractivity contribution in [3.05, 3.63) is 35.4 Å². The molecule has 0 bridgehead atoms. The van der Waals surface area contributed by atoms with Crippen LogP contribution in [-0.2, 0) is 6.42 Å². The smallest absolute Gasteiger partial charge is 0.0611 e. The molecule has 1 aromatic rings. The number of nitrogens with two attached hydrogens (primary N) is 1. The molecule has 1 saturated carbocycles. The predicted octanol–water partition coefficient (Wildman–Crippen LogP) is 4.16. The molecule has 2 heteroatoms. The lowest BCUT2D eigenvalue weighted by Crippen LogP contribution is -2.40. The van der Waals surface area contributed by atoms with Gasteiger partial charge in [0.25, 0.3) is 0 Å². The van der Waals surface area contributed by atoms with Crippen LogP contribution in [0.1, 0.15) is 75.3 Å². The Morgan fingerprint density at radius 3 is 2.48 bits per heavy atom. The summed E-state index contributed by atoms with van der Waals surface area (Å²) in [6, 6.07) is 9.11. The minimum absolute atomic E-state index is 0.110. The molecule has 0 unspecified atom stereocenters. The molecule has 0 heterocycles. The summed E-state index contributed by atoms with van der Waals surface area (Å²) >= 11 is 0. The molecule has 2 nitrogen and oxygen atoms in total. The van der Waals surface area contributed by atoms with Crippen molar-refractivity contribution in [1.29, 1.82) is 0 Å². The van der Waals surface area contributed by atoms with E-state index in [1.807, 2.05) is 0 Å². The van der Waals surface area contributed by atoms with E-state index < -0.39 is 0 Å². The zero-order valence-corrected chi connectivity index (χ0v) is 13.5. The zero-order valence-electron chi connectivity index (χ0n) is 13.5. The number of aliphatic hydroxyl groups excluding tert-OH is 1. The summed E-state index contributed by atoms with van der Waals surface area (Å²) in [6.07, 6.45) is 10.9. The standard InChI is InChI=1S/C19H31NO/c1-2-3-4-5-6-7-16-8-10-17(11-9-16)18-12-13-19(20,14-18)15-21/h8-11,18,21H,2-7,12-15,20H2,1H3/t18-,19+/m1/s1. The Balaban J connectivity index is 1.80. The average molecular weight is 289 g/mol. The average Bonchev–Trinajstić information content (AvgIpc) is 2.91. The quantitative estimate of drug-likeness (QED) is 0.706. The van der Waals surface area contributed by atoms with Gasteiger partial charge in [0.15, 0.2) is 0 Å². The number of hydrogen-bond acceptors (Lipinski definition) is 2. The second-order valence-corrected chi connectivity index (χ2v) is 6.87. The van der Waals surface area contributed by atoms with Gasteiger partial charge in [-0.2, -0.15) is 0 Å². The van der Waals surface area contributed by atoms with Crippen LogP contribution < -0.4 is 5.73 Å². The summed E-state index contributed by atoms with van der Waals surface area (Å²) < 4.78 is 0. The van der Waals surface area contributed by atoms with Crippen molar-refractivity contribution >= 4 is 0 Å². The molecular weight excluding hydrogens is 258 g/mol. The molecular formula is C19H31NO. The molecule has 2 rings (SSSR count). The lowest BCUT2D eigenvalue weighted by atomic mass is 9.92. The maximum atomic E-state index is 9.37. The van der Waals surface area contributed by atoms with Gasteiger partial charge in [0, 0.05) is 5.54 Å². The SMILES string of the molecule is CCCCCCCc1ccc([C@@H]2CC[C@@](N)(CO)C2)cc1. The van der Waals surface area contributed by atoms with Crippen LogP contribution >= 0.6 is 0 Å². The summed E-state index contributed by atoms with van der Waals surface area (Å²) in [5, 5.41) is 9.37. The third-order valence-electron chi connectivity index (χ3n) is 4.98. The maximum Gasteiger partial charge on any atom is 0.0611 e. The van der Waals surface area contributed by atoms with E-state index in [-0.39, 0.29) is 12.1 Å². The number of unbranched alkanes of at least 4 members (excludes halogenated alkanes) is 4. The van der Waals surface area contributed by atoms with Crippen LogP contribution in [0.2, 0.25) is 0 Å². The van der Waals surface area contributed by atoms with Crippen molar-refractivity contribution in [2.45, 2.75) is 76.2 Å². The highest BCUT2D eigenvalue weighted by molar-refractivity contribution is 5.27. The second-order valence-electron chi connectivity index (χ2n) is 6.87. The van der Waals surface area contributed by atoms with E-state index in [4.69, 9.17) is 5.73 Å². The summed E-state index contributed by atoms with van der Waals surface area (Å²) in [4.78, 5) is 0. The number of hydrogen-bond donors (Lipinski definition) is 2. The Hall–Kier alpha value is -0.860. The van der Waals surface area contributed by atoms with Gasteiger partial charge in [-0.3, -0.25) is 0 Å². The Bertz CT molecular complexity index is 414. The minimum atomic E-state index is -0.345. The molecule has 1 aromatic carbocycles. The van der Waals surface area contributed by atoms with E-state index >= 15 is 0 Å². The van der Waals surface area contributed by atoms with Gasteiger partial charge in [0.2, 0.25) is 0 Å². The summed E-state index contributed by atoms with van der Waals surface area (Å²) in [5.74, 6) is 0.528. The predicted molar refractivity (Wildman–Crippen MR) is 89.5 cm³/mol. The van der Waals surface area contributed by atoms with Crippen molar-refractivity contribution in [1.82, 2.24) is 0 Å². The van der Waals surface area contributed by atoms with Crippen molar-refractivity contribution in [2.75, 3.05) is 6.61 Å². The summed E-state index contributed by atoms with van der Waals surface area (Å²) in [7, 11) is 0. The van der Waals surface area contributed by atoms with Gasteiger partial charge in [-0.05, 0) is 49.1 Å². The first-order valence-electron chi connectivity index (χ1n) is 8.65. The molecule has 1 fully saturated rings. The fourth-order valence-electron chi connectivity index (χ4n) is 3.47. The van der Waals surface area contributed by atoms with Crippen LogP contribution in [0.4, 0.5) is 0 Å². The monoisotopic (exact) mass is 289 g/mol. The number of aryl methyl sites for hydroxylation is 1. The highest BCUT2D eigenvalue weighted by Gasteiger charge is 2.35. The van der Waals surface area contributed by atoms with Crippen LogP contribution in [0.3, 0.4) is 0 Å². The number of aliphatic hydroxyl groups is 1. The topological polar surface area (TPSA) is 46.2 Å². The molecule has 21 heavy (non-hydrogen) atoms. The van der Waals surface area contributed by atoms with Crippen molar-refractivity contribution in [3.8, 4) is 0 Å². The summed E-state index contributed by atoms with van der Waals surface area (Å²) in [5.41, 5.74) is 8.67. The lowest BCUT2D eigenvalue weighted by Gasteiger charge is -2.21. The Labute approximate surface area is 129 Å². The van der Waals surface area contributed by atoms with Gasteiger partial charge in [0.05, 0.1) is 6.61 Å². The van der Waals surface area contributed by atoms with Gasteiger partial charge in [-0.15, -0.1) is 0 Å². The molecule has 1 aliphatic rings. The molecule has 2 atom stereocenters. The molecule has 0 aromatic heterocycles. The normalized spacial score (nSPS) is 25.4. The van der Waals surface area contributed by atoms with Gasteiger partial charge in [0.1, 0.15) is 0 Å². The van der Waals surface area contributed by atoms with E-state index in [1.165, 1.54) is 49.7 Å². The maximum absolute atomic E-state index is 9.37. The first kappa shape index (κ1) is 16.5. The molecule has 1 aliphatic carbocycles. The number of benzene rings is 1. The van der Waals surface area contributed by atoms with Crippen LogP contribution in [0.15, 0.2) is 24.3 Å². The first-order valence-corrected chi connectivity index (χ1v) is 8.65. The van der Waals surface area contributed by atoms with Crippen molar-refractivity contribution in [2.24, 2.45) is 5.73 Å². The highest BCUT2D eigenvalue weighted by Crippen LogP contribution is 2.39. The van der Waals surface area contributed by atoms with Gasteiger partial charge < -0.3 is 10.8 Å². The molecule has 0 saturated heterocycles. The third-order valence-corrected chi connectivity index (χ3v) is 4.98. The fraction of sp³-hybridized carbons (Fsp3) is 0.684. The van der Waals surface area contributed by atoms with Gasteiger partial charge >= 0.3 is 0 Å². The molecule has 0 radical (unpaired) electrons. The molecule has 3 N–H and O–H groups in total.